The van der Waals surface area contributed by atoms with Gasteiger partial charge in [0.05, 0.1) is 12.7 Å². The van der Waals surface area contributed by atoms with Crippen LogP contribution >= 0.6 is 12.8 Å². The maximum Gasteiger partial charge on any atom is 0.0829 e. The standard InChI is InChI=1S/C13H29N3OS/c1-12(2)9-15(3)10-13-11-16(7-8-17-13)6-4-5-14-18/h12-14,18H,4-11H2,1-3H3/t13-/m0/s1. The molecule has 108 valence electrons. The van der Waals surface area contributed by atoms with E-state index in [0.717, 1.165) is 58.2 Å². The van der Waals surface area contributed by atoms with Crippen LogP contribution in [0, 0.1) is 5.92 Å². The Kier molecular flexibility index (Phi) is 8.26. The summed E-state index contributed by atoms with van der Waals surface area (Å²) in [5.74, 6) is 0.719. The fraction of sp³-hybridized carbons (Fsp3) is 1.00. The van der Waals surface area contributed by atoms with Crippen LogP contribution in [-0.4, -0.2) is 68.8 Å². The van der Waals surface area contributed by atoms with Gasteiger partial charge in [0.1, 0.15) is 0 Å². The van der Waals surface area contributed by atoms with Crippen LogP contribution in [0.15, 0.2) is 0 Å². The molecule has 1 atom stereocenters. The number of hydrogen-bond donors (Lipinski definition) is 2. The number of morpholine rings is 1. The number of likely N-dealkylation sites (N-methyl/N-ethyl adjacent to an activating group) is 1. The summed E-state index contributed by atoms with van der Waals surface area (Å²) in [6, 6.07) is 0. The van der Waals surface area contributed by atoms with E-state index in [1.807, 2.05) is 0 Å². The molecule has 0 unspecified atom stereocenters. The second kappa shape index (κ2) is 9.15. The highest BCUT2D eigenvalue weighted by atomic mass is 32.1. The fourth-order valence-corrected chi connectivity index (χ4v) is 2.68. The van der Waals surface area contributed by atoms with Gasteiger partial charge in [-0.3, -0.25) is 9.62 Å². The smallest absolute Gasteiger partial charge is 0.0829 e. The van der Waals surface area contributed by atoms with Gasteiger partial charge in [0, 0.05) is 32.7 Å². The van der Waals surface area contributed by atoms with E-state index in [2.05, 4.69) is 48.2 Å². The number of ether oxygens (including phenoxy) is 1. The first kappa shape index (κ1) is 16.2. The number of thiol groups is 1. The van der Waals surface area contributed by atoms with Crippen molar-refractivity contribution < 1.29 is 4.74 Å². The zero-order chi connectivity index (χ0) is 13.4. The van der Waals surface area contributed by atoms with Crippen molar-refractivity contribution in [1.82, 2.24) is 14.5 Å². The quantitative estimate of drug-likeness (QED) is 0.512. The van der Waals surface area contributed by atoms with Crippen LogP contribution in [-0.2, 0) is 4.74 Å². The second-order valence-corrected chi connectivity index (χ2v) is 5.99. The van der Waals surface area contributed by atoms with Crippen LogP contribution in [0.2, 0.25) is 0 Å². The summed E-state index contributed by atoms with van der Waals surface area (Å²) in [5, 5.41) is 0. The first-order valence-electron chi connectivity index (χ1n) is 7.01. The molecule has 5 heteroatoms. The third-order valence-corrected chi connectivity index (χ3v) is 3.40. The Morgan fingerprint density at radius 1 is 1.50 bits per heavy atom. The summed E-state index contributed by atoms with van der Waals surface area (Å²) < 4.78 is 8.75. The average Bonchev–Trinajstić information content (AvgIpc) is 2.28. The van der Waals surface area contributed by atoms with Gasteiger partial charge in [0.25, 0.3) is 0 Å². The SMILES string of the molecule is CC(C)CN(C)C[C@H]1CN(CCCNS)CCO1. The molecule has 0 spiro atoms. The van der Waals surface area contributed by atoms with E-state index in [1.54, 1.807) is 0 Å². The normalized spacial score (nSPS) is 22.0. The summed E-state index contributed by atoms with van der Waals surface area (Å²) >= 11 is 4.01. The Balaban J connectivity index is 2.21. The first-order chi connectivity index (χ1) is 8.61. The van der Waals surface area contributed by atoms with Crippen molar-refractivity contribution in [2.75, 3.05) is 52.9 Å². The molecule has 1 N–H and O–H groups in total. The van der Waals surface area contributed by atoms with Crippen LogP contribution in [0.1, 0.15) is 20.3 Å². The Hall–Kier alpha value is 0.190. The van der Waals surface area contributed by atoms with E-state index in [4.69, 9.17) is 4.74 Å². The van der Waals surface area contributed by atoms with Gasteiger partial charge in [-0.05, 0) is 25.9 Å². The highest BCUT2D eigenvalue weighted by Crippen LogP contribution is 2.08. The third kappa shape index (κ3) is 6.95. The number of nitrogens with zero attached hydrogens (tertiary/aromatic N) is 2. The molecule has 0 bridgehead atoms. The van der Waals surface area contributed by atoms with Gasteiger partial charge in [-0.2, -0.15) is 0 Å². The van der Waals surface area contributed by atoms with Crippen molar-refractivity contribution in [2.45, 2.75) is 26.4 Å². The number of rotatable bonds is 8. The average molecular weight is 275 g/mol. The van der Waals surface area contributed by atoms with E-state index in [-0.39, 0.29) is 0 Å². The van der Waals surface area contributed by atoms with Gasteiger partial charge in [-0.1, -0.05) is 26.7 Å². The second-order valence-electron chi connectivity index (χ2n) is 5.67. The molecule has 4 nitrogen and oxygen atoms in total. The highest BCUT2D eigenvalue weighted by Gasteiger charge is 2.21. The lowest BCUT2D eigenvalue weighted by Crippen LogP contribution is -2.47. The molecule has 0 aliphatic carbocycles. The molecule has 1 aliphatic rings. The Bertz CT molecular complexity index is 216. The van der Waals surface area contributed by atoms with Gasteiger partial charge in [-0.15, -0.1) is 0 Å². The van der Waals surface area contributed by atoms with E-state index in [1.165, 1.54) is 0 Å². The van der Waals surface area contributed by atoms with E-state index < -0.39 is 0 Å². The van der Waals surface area contributed by atoms with Crippen molar-refractivity contribution >= 4 is 12.8 Å². The van der Waals surface area contributed by atoms with Gasteiger partial charge >= 0.3 is 0 Å². The molecular weight excluding hydrogens is 246 g/mol. The number of hydrogen-bond acceptors (Lipinski definition) is 5. The summed E-state index contributed by atoms with van der Waals surface area (Å²) in [6.45, 7) is 11.8. The monoisotopic (exact) mass is 275 g/mol. The maximum absolute atomic E-state index is 5.85. The zero-order valence-corrected chi connectivity index (χ0v) is 13.0. The molecule has 18 heavy (non-hydrogen) atoms. The van der Waals surface area contributed by atoms with Crippen LogP contribution < -0.4 is 4.72 Å². The van der Waals surface area contributed by atoms with E-state index in [9.17, 15) is 0 Å². The number of nitrogens with one attached hydrogen (secondary N) is 1. The summed E-state index contributed by atoms with van der Waals surface area (Å²) in [5.41, 5.74) is 0. The van der Waals surface area contributed by atoms with Crippen LogP contribution in [0.3, 0.4) is 0 Å². The molecule has 1 fully saturated rings. The lowest BCUT2D eigenvalue weighted by atomic mass is 10.2. The molecule has 1 saturated heterocycles. The molecule has 0 radical (unpaired) electrons. The topological polar surface area (TPSA) is 27.7 Å². The molecule has 1 rings (SSSR count). The van der Waals surface area contributed by atoms with Crippen LogP contribution in [0.4, 0.5) is 0 Å². The summed E-state index contributed by atoms with van der Waals surface area (Å²) in [7, 11) is 2.19. The predicted molar refractivity (Wildman–Crippen MR) is 80.1 cm³/mol. The lowest BCUT2D eigenvalue weighted by molar-refractivity contribution is -0.0414. The van der Waals surface area contributed by atoms with Gasteiger partial charge in [0.2, 0.25) is 0 Å². The molecule has 0 saturated carbocycles. The van der Waals surface area contributed by atoms with Gasteiger partial charge in [-0.25, -0.2) is 0 Å². The molecule has 0 aromatic carbocycles. The van der Waals surface area contributed by atoms with Crippen molar-refractivity contribution in [3.05, 3.63) is 0 Å². The summed E-state index contributed by atoms with van der Waals surface area (Å²) in [4.78, 5) is 4.89. The van der Waals surface area contributed by atoms with Gasteiger partial charge < -0.3 is 9.64 Å². The Morgan fingerprint density at radius 3 is 2.94 bits per heavy atom. The maximum atomic E-state index is 5.85. The van der Waals surface area contributed by atoms with E-state index >= 15 is 0 Å². The Morgan fingerprint density at radius 2 is 2.28 bits per heavy atom. The van der Waals surface area contributed by atoms with Crippen molar-refractivity contribution in [1.29, 1.82) is 0 Å². The highest BCUT2D eigenvalue weighted by molar-refractivity contribution is 7.78. The van der Waals surface area contributed by atoms with Crippen LogP contribution in [0.5, 0.6) is 0 Å². The molecule has 1 heterocycles. The van der Waals surface area contributed by atoms with Gasteiger partial charge in [0.15, 0.2) is 0 Å². The minimum Gasteiger partial charge on any atom is -0.374 e. The van der Waals surface area contributed by atoms with Crippen molar-refractivity contribution in [3.63, 3.8) is 0 Å². The molecule has 1 aliphatic heterocycles. The summed E-state index contributed by atoms with van der Waals surface area (Å²) in [6.07, 6.45) is 1.52. The molecule has 0 aromatic rings. The fourth-order valence-electron chi connectivity index (χ4n) is 2.52. The largest absolute Gasteiger partial charge is 0.374 e. The minimum absolute atomic E-state index is 0.367. The molecular formula is C13H29N3OS. The lowest BCUT2D eigenvalue weighted by Gasteiger charge is -2.35. The van der Waals surface area contributed by atoms with Crippen molar-refractivity contribution in [2.24, 2.45) is 5.92 Å². The van der Waals surface area contributed by atoms with Crippen molar-refractivity contribution in [3.8, 4) is 0 Å². The Labute approximate surface area is 118 Å². The van der Waals surface area contributed by atoms with Crippen LogP contribution in [0.25, 0.3) is 0 Å². The molecule has 0 amide bonds. The predicted octanol–water partition coefficient (Wildman–Crippen LogP) is 1.10. The van der Waals surface area contributed by atoms with E-state index in [0.29, 0.717) is 6.10 Å². The molecule has 0 aromatic heterocycles. The minimum atomic E-state index is 0.367. The third-order valence-electron chi connectivity index (χ3n) is 3.18. The zero-order valence-electron chi connectivity index (χ0n) is 12.1. The first-order valence-corrected chi connectivity index (χ1v) is 7.46.